The third-order valence-electron chi connectivity index (χ3n) is 5.15. The van der Waals surface area contributed by atoms with E-state index in [2.05, 4.69) is 33.4 Å². The third-order valence-corrected chi connectivity index (χ3v) is 5.84. The maximum absolute atomic E-state index is 13.7. The molecule has 1 aliphatic carbocycles. The molecule has 0 unspecified atom stereocenters. The quantitative estimate of drug-likeness (QED) is 0.686. The molecule has 0 saturated heterocycles. The lowest BCUT2D eigenvalue weighted by Gasteiger charge is -2.38. The van der Waals surface area contributed by atoms with Crippen molar-refractivity contribution in [1.29, 1.82) is 0 Å². The molecule has 3 atom stereocenters. The van der Waals surface area contributed by atoms with Gasteiger partial charge in [-0.1, -0.05) is 28.1 Å². The molecular weight excluding hydrogens is 373 g/mol. The molecule has 0 spiro atoms. The van der Waals surface area contributed by atoms with E-state index in [1.807, 2.05) is 18.2 Å². The van der Waals surface area contributed by atoms with Gasteiger partial charge < -0.3 is 14.8 Å². The van der Waals surface area contributed by atoms with Crippen LogP contribution in [0, 0.1) is 11.7 Å². The highest BCUT2D eigenvalue weighted by atomic mass is 79.9. The molecular formula is C19H15BrFNO2. The summed E-state index contributed by atoms with van der Waals surface area (Å²) in [5.74, 6) is 1.96. The Labute approximate surface area is 147 Å². The van der Waals surface area contributed by atoms with Gasteiger partial charge in [0.2, 0.25) is 6.79 Å². The summed E-state index contributed by atoms with van der Waals surface area (Å²) in [4.78, 5) is 0. The fourth-order valence-electron chi connectivity index (χ4n) is 4.04. The number of hydrogen-bond donors (Lipinski definition) is 1. The van der Waals surface area contributed by atoms with Crippen LogP contribution in [0.3, 0.4) is 0 Å². The molecule has 5 heteroatoms. The van der Waals surface area contributed by atoms with Crippen LogP contribution in [0.5, 0.6) is 11.5 Å². The Kier molecular flexibility index (Phi) is 3.13. The smallest absolute Gasteiger partial charge is 0.231 e. The second-order valence-corrected chi connectivity index (χ2v) is 7.29. The summed E-state index contributed by atoms with van der Waals surface area (Å²) in [6.45, 7) is 0.263. The molecule has 3 aliphatic rings. The number of halogens is 2. The van der Waals surface area contributed by atoms with Gasteiger partial charge in [0.05, 0.1) is 6.04 Å². The fourth-order valence-corrected chi connectivity index (χ4v) is 4.61. The largest absolute Gasteiger partial charge is 0.454 e. The van der Waals surface area contributed by atoms with Gasteiger partial charge in [0.1, 0.15) is 5.82 Å². The minimum Gasteiger partial charge on any atom is -0.454 e. The Morgan fingerprint density at radius 1 is 1.08 bits per heavy atom. The fraction of sp³-hybridized carbons (Fsp3) is 0.263. The van der Waals surface area contributed by atoms with Gasteiger partial charge in [0, 0.05) is 16.1 Å². The minimum atomic E-state index is -0.183. The Morgan fingerprint density at radius 3 is 2.79 bits per heavy atom. The number of ether oxygens (including phenoxy) is 2. The van der Waals surface area contributed by atoms with E-state index in [-0.39, 0.29) is 24.6 Å². The van der Waals surface area contributed by atoms with Crippen LogP contribution in [0.2, 0.25) is 0 Å². The predicted molar refractivity (Wildman–Crippen MR) is 93.0 cm³/mol. The third kappa shape index (κ3) is 2.07. The van der Waals surface area contributed by atoms with E-state index < -0.39 is 0 Å². The number of allylic oxidation sites excluding steroid dienone is 2. The van der Waals surface area contributed by atoms with Gasteiger partial charge in [-0.05, 0) is 53.8 Å². The molecule has 0 amide bonds. The molecule has 0 bridgehead atoms. The van der Waals surface area contributed by atoms with Crippen LogP contribution in [0.1, 0.15) is 29.5 Å². The summed E-state index contributed by atoms with van der Waals surface area (Å²) in [6, 6.07) is 9.15. The van der Waals surface area contributed by atoms with Crippen LogP contribution in [0.4, 0.5) is 10.1 Å². The first-order valence-corrected chi connectivity index (χ1v) is 8.82. The highest BCUT2D eigenvalue weighted by Crippen LogP contribution is 2.52. The van der Waals surface area contributed by atoms with Gasteiger partial charge in [-0.2, -0.15) is 0 Å². The van der Waals surface area contributed by atoms with E-state index in [0.717, 1.165) is 39.2 Å². The summed E-state index contributed by atoms with van der Waals surface area (Å²) in [7, 11) is 0. The first kappa shape index (κ1) is 14.3. The van der Waals surface area contributed by atoms with E-state index in [1.54, 1.807) is 6.07 Å². The molecule has 2 heterocycles. The lowest BCUT2D eigenvalue weighted by atomic mass is 9.77. The van der Waals surface area contributed by atoms with Crippen molar-refractivity contribution in [3.05, 3.63) is 63.9 Å². The Bertz CT molecular complexity index is 867. The maximum Gasteiger partial charge on any atom is 0.231 e. The molecule has 2 aliphatic heterocycles. The maximum atomic E-state index is 13.7. The van der Waals surface area contributed by atoms with Gasteiger partial charge in [-0.3, -0.25) is 0 Å². The van der Waals surface area contributed by atoms with Gasteiger partial charge in [0.25, 0.3) is 0 Å². The standard InChI is InChI=1S/C19H15BrFNO2/c20-15-8-18-17(23-9-24-18)7-14(15)19-12-3-1-2-11(12)13-6-10(21)4-5-16(13)22-19/h1-2,4-8,11-12,19,22H,3,9H2/t11-,12-,19+/m0/s1. The molecule has 0 saturated carbocycles. The summed E-state index contributed by atoms with van der Waals surface area (Å²) < 4.78 is 25.7. The molecule has 3 nitrogen and oxygen atoms in total. The minimum absolute atomic E-state index is 0.131. The number of benzene rings is 2. The zero-order valence-electron chi connectivity index (χ0n) is 12.8. The molecule has 5 rings (SSSR count). The number of hydrogen-bond acceptors (Lipinski definition) is 3. The Balaban J connectivity index is 1.61. The van der Waals surface area contributed by atoms with Crippen molar-refractivity contribution in [3.8, 4) is 11.5 Å². The van der Waals surface area contributed by atoms with E-state index >= 15 is 0 Å². The Hall–Kier alpha value is -2.01. The molecule has 1 N–H and O–H groups in total. The predicted octanol–water partition coefficient (Wildman–Crippen LogP) is 5.14. The molecule has 2 aromatic carbocycles. The van der Waals surface area contributed by atoms with Crippen molar-refractivity contribution in [1.82, 2.24) is 0 Å². The monoisotopic (exact) mass is 387 g/mol. The van der Waals surface area contributed by atoms with E-state index in [0.29, 0.717) is 5.92 Å². The van der Waals surface area contributed by atoms with Crippen molar-refractivity contribution >= 4 is 21.6 Å². The normalized spacial score (nSPS) is 26.0. The summed E-state index contributed by atoms with van der Waals surface area (Å²) in [5.41, 5.74) is 3.19. The zero-order valence-corrected chi connectivity index (χ0v) is 14.3. The zero-order chi connectivity index (χ0) is 16.3. The van der Waals surface area contributed by atoms with Gasteiger partial charge in [-0.25, -0.2) is 4.39 Å². The van der Waals surface area contributed by atoms with Crippen LogP contribution in [0.15, 0.2) is 47.0 Å². The lowest BCUT2D eigenvalue weighted by molar-refractivity contribution is 0.174. The van der Waals surface area contributed by atoms with Crippen LogP contribution < -0.4 is 14.8 Å². The van der Waals surface area contributed by atoms with Crippen LogP contribution in [-0.2, 0) is 0 Å². The van der Waals surface area contributed by atoms with Gasteiger partial charge in [0.15, 0.2) is 11.5 Å². The number of anilines is 1. The second kappa shape index (κ2) is 5.24. The van der Waals surface area contributed by atoms with Crippen molar-refractivity contribution < 1.29 is 13.9 Å². The molecule has 0 aromatic heterocycles. The first-order chi connectivity index (χ1) is 11.7. The second-order valence-electron chi connectivity index (χ2n) is 6.43. The first-order valence-electron chi connectivity index (χ1n) is 8.02. The molecule has 122 valence electrons. The highest BCUT2D eigenvalue weighted by Gasteiger charge is 2.39. The van der Waals surface area contributed by atoms with E-state index in [9.17, 15) is 4.39 Å². The van der Waals surface area contributed by atoms with Crippen molar-refractivity contribution in [3.63, 3.8) is 0 Å². The molecule has 0 radical (unpaired) electrons. The highest BCUT2D eigenvalue weighted by molar-refractivity contribution is 9.10. The van der Waals surface area contributed by atoms with Crippen molar-refractivity contribution in [2.24, 2.45) is 5.92 Å². The average Bonchev–Trinajstić information content (AvgIpc) is 3.22. The SMILES string of the molecule is Fc1ccc2c(c1)[C@H]1C=CC[C@@H]1[C@H](c1cc3c(cc1Br)OCO3)N2. The van der Waals surface area contributed by atoms with E-state index in [1.165, 1.54) is 6.07 Å². The van der Waals surface area contributed by atoms with Crippen molar-refractivity contribution in [2.75, 3.05) is 12.1 Å². The summed E-state index contributed by atoms with van der Waals surface area (Å²) >= 11 is 3.68. The van der Waals surface area contributed by atoms with Gasteiger partial charge >= 0.3 is 0 Å². The van der Waals surface area contributed by atoms with Crippen LogP contribution in [0.25, 0.3) is 0 Å². The number of nitrogens with one attached hydrogen (secondary N) is 1. The van der Waals surface area contributed by atoms with Crippen LogP contribution in [-0.4, -0.2) is 6.79 Å². The molecule has 24 heavy (non-hydrogen) atoms. The van der Waals surface area contributed by atoms with E-state index in [4.69, 9.17) is 9.47 Å². The topological polar surface area (TPSA) is 30.5 Å². The number of fused-ring (bicyclic) bond motifs is 4. The van der Waals surface area contributed by atoms with Crippen LogP contribution >= 0.6 is 15.9 Å². The molecule has 0 fully saturated rings. The lowest BCUT2D eigenvalue weighted by Crippen LogP contribution is -2.29. The molecule has 2 aromatic rings. The number of rotatable bonds is 1. The average molecular weight is 388 g/mol. The summed E-state index contributed by atoms with van der Waals surface area (Å²) in [6.07, 6.45) is 5.38. The summed E-state index contributed by atoms with van der Waals surface area (Å²) in [5, 5.41) is 3.61. The van der Waals surface area contributed by atoms with Gasteiger partial charge in [-0.15, -0.1) is 0 Å². The Morgan fingerprint density at radius 2 is 1.92 bits per heavy atom. The van der Waals surface area contributed by atoms with Crippen molar-refractivity contribution in [2.45, 2.75) is 18.4 Å².